The van der Waals surface area contributed by atoms with Gasteiger partial charge >= 0.3 is 5.97 Å². The third-order valence-electron chi connectivity index (χ3n) is 4.64. The van der Waals surface area contributed by atoms with Crippen molar-refractivity contribution in [2.75, 3.05) is 32.8 Å². The number of ether oxygens (including phenoxy) is 1. The number of hydrogen-bond donors (Lipinski definition) is 2. The van der Waals surface area contributed by atoms with Crippen LogP contribution in [0.15, 0.2) is 28.7 Å². The molecule has 1 aromatic heterocycles. The van der Waals surface area contributed by atoms with Crippen LogP contribution in [-0.2, 0) is 16.6 Å². The predicted molar refractivity (Wildman–Crippen MR) is 93.4 cm³/mol. The van der Waals surface area contributed by atoms with Crippen LogP contribution in [0.4, 0.5) is 8.78 Å². The van der Waals surface area contributed by atoms with E-state index in [4.69, 9.17) is 4.74 Å². The van der Waals surface area contributed by atoms with Gasteiger partial charge in [-0.05, 0) is 6.92 Å². The van der Waals surface area contributed by atoms with E-state index < -0.39 is 30.9 Å². The Bertz CT molecular complexity index is 774. The molecule has 2 N–H and O–H groups in total. The van der Waals surface area contributed by atoms with E-state index in [0.29, 0.717) is 22.9 Å². The topological polar surface area (TPSA) is 92.0 Å². The SMILES string of the molecule is CCOC(=O)C1=C(CN2CC(F)(F)CC2CO)NC(c2nccn2C)=NC1. The smallest absolute Gasteiger partial charge is 0.337 e. The number of carbonyl (C=O) groups excluding carboxylic acids is 1. The number of esters is 1. The summed E-state index contributed by atoms with van der Waals surface area (Å²) in [5.74, 6) is -2.38. The summed E-state index contributed by atoms with van der Waals surface area (Å²) in [5.41, 5.74) is 0.735. The lowest BCUT2D eigenvalue weighted by Gasteiger charge is -2.27. The van der Waals surface area contributed by atoms with Crippen LogP contribution < -0.4 is 5.32 Å². The Morgan fingerprint density at radius 2 is 2.30 bits per heavy atom. The molecular formula is C17H23F2N5O3. The maximum absolute atomic E-state index is 13.8. The lowest BCUT2D eigenvalue weighted by molar-refractivity contribution is -0.138. The molecule has 8 nitrogen and oxygen atoms in total. The van der Waals surface area contributed by atoms with Gasteiger partial charge in [0.15, 0.2) is 11.7 Å². The lowest BCUT2D eigenvalue weighted by atomic mass is 10.1. The zero-order valence-corrected chi connectivity index (χ0v) is 15.3. The van der Waals surface area contributed by atoms with Gasteiger partial charge in [0.1, 0.15) is 0 Å². The van der Waals surface area contributed by atoms with Gasteiger partial charge in [0.05, 0.1) is 31.9 Å². The van der Waals surface area contributed by atoms with Crippen molar-refractivity contribution in [3.63, 3.8) is 0 Å². The molecule has 0 aromatic carbocycles. The lowest BCUT2D eigenvalue weighted by Crippen LogP contribution is -2.42. The van der Waals surface area contributed by atoms with Gasteiger partial charge in [-0.1, -0.05) is 0 Å². The van der Waals surface area contributed by atoms with Crippen molar-refractivity contribution in [1.29, 1.82) is 0 Å². The molecule has 1 fully saturated rings. The Morgan fingerprint density at radius 1 is 1.52 bits per heavy atom. The number of amidine groups is 1. The van der Waals surface area contributed by atoms with Gasteiger partial charge < -0.3 is 19.7 Å². The summed E-state index contributed by atoms with van der Waals surface area (Å²) < 4.78 is 34.4. The molecule has 0 spiro atoms. The molecule has 0 bridgehead atoms. The summed E-state index contributed by atoms with van der Waals surface area (Å²) >= 11 is 0. The monoisotopic (exact) mass is 383 g/mol. The van der Waals surface area contributed by atoms with Crippen molar-refractivity contribution in [1.82, 2.24) is 19.8 Å². The highest BCUT2D eigenvalue weighted by Crippen LogP contribution is 2.32. The van der Waals surface area contributed by atoms with Crippen molar-refractivity contribution in [2.45, 2.75) is 25.3 Å². The molecule has 27 heavy (non-hydrogen) atoms. The molecule has 0 saturated carbocycles. The maximum atomic E-state index is 13.8. The minimum Gasteiger partial charge on any atom is -0.463 e. The number of rotatable bonds is 6. The molecule has 1 atom stereocenters. The van der Waals surface area contributed by atoms with E-state index in [1.807, 2.05) is 0 Å². The molecule has 3 heterocycles. The number of aliphatic hydroxyl groups is 1. The van der Waals surface area contributed by atoms with Crippen LogP contribution in [0.1, 0.15) is 19.2 Å². The Kier molecular flexibility index (Phi) is 5.56. The number of aliphatic imine (C=N–C) groups is 1. The molecule has 1 aromatic rings. The van der Waals surface area contributed by atoms with Gasteiger partial charge in [-0.15, -0.1) is 0 Å². The number of nitrogens with zero attached hydrogens (tertiary/aromatic N) is 4. The van der Waals surface area contributed by atoms with Crippen molar-refractivity contribution in [2.24, 2.45) is 12.0 Å². The van der Waals surface area contributed by atoms with Gasteiger partial charge in [0.25, 0.3) is 5.92 Å². The van der Waals surface area contributed by atoms with Gasteiger partial charge in [-0.2, -0.15) is 0 Å². The van der Waals surface area contributed by atoms with Gasteiger partial charge in [-0.3, -0.25) is 9.89 Å². The number of aliphatic hydroxyl groups excluding tert-OH is 1. The summed E-state index contributed by atoms with van der Waals surface area (Å²) in [4.78, 5) is 22.4. The molecule has 0 amide bonds. The summed E-state index contributed by atoms with van der Waals surface area (Å²) in [6.45, 7) is 1.16. The third kappa shape index (κ3) is 4.16. The number of nitrogens with one attached hydrogen (secondary N) is 1. The van der Waals surface area contributed by atoms with Crippen molar-refractivity contribution in [3.8, 4) is 0 Å². The number of halogens is 2. The van der Waals surface area contributed by atoms with E-state index in [1.165, 1.54) is 4.90 Å². The molecule has 1 saturated heterocycles. The number of carbonyl (C=O) groups is 1. The largest absolute Gasteiger partial charge is 0.463 e. The minimum absolute atomic E-state index is 0.0540. The second kappa shape index (κ2) is 7.73. The second-order valence-corrected chi connectivity index (χ2v) is 6.63. The van der Waals surface area contributed by atoms with Gasteiger partial charge in [0, 0.05) is 44.1 Å². The fraction of sp³-hybridized carbons (Fsp3) is 0.588. The van der Waals surface area contributed by atoms with Crippen LogP contribution >= 0.6 is 0 Å². The highest BCUT2D eigenvalue weighted by atomic mass is 19.3. The summed E-state index contributed by atoms with van der Waals surface area (Å²) in [7, 11) is 1.81. The first-order valence-electron chi connectivity index (χ1n) is 8.75. The average Bonchev–Trinajstić information content (AvgIpc) is 3.17. The minimum atomic E-state index is -2.87. The Morgan fingerprint density at radius 3 is 2.93 bits per heavy atom. The van der Waals surface area contributed by atoms with E-state index in [2.05, 4.69) is 15.3 Å². The van der Waals surface area contributed by atoms with Crippen LogP contribution in [0.5, 0.6) is 0 Å². The summed E-state index contributed by atoms with van der Waals surface area (Å²) in [6, 6.07) is -0.673. The average molecular weight is 383 g/mol. The predicted octanol–water partition coefficient (Wildman–Crippen LogP) is 0.289. The fourth-order valence-electron chi connectivity index (χ4n) is 3.31. The number of alkyl halides is 2. The van der Waals surface area contributed by atoms with E-state index in [-0.39, 0.29) is 26.3 Å². The van der Waals surface area contributed by atoms with Crippen LogP contribution in [0.25, 0.3) is 0 Å². The first-order chi connectivity index (χ1) is 12.8. The number of aromatic nitrogens is 2. The van der Waals surface area contributed by atoms with Crippen molar-refractivity contribution >= 4 is 11.8 Å². The number of aryl methyl sites for hydroxylation is 1. The molecule has 0 radical (unpaired) electrons. The maximum Gasteiger partial charge on any atom is 0.337 e. The Labute approximate surface area is 155 Å². The zero-order chi connectivity index (χ0) is 19.6. The van der Waals surface area contributed by atoms with E-state index in [9.17, 15) is 18.7 Å². The number of imidazole rings is 1. The summed E-state index contributed by atoms with van der Waals surface area (Å²) in [6.07, 6.45) is 2.96. The number of likely N-dealkylation sites (tertiary alicyclic amines) is 1. The third-order valence-corrected chi connectivity index (χ3v) is 4.64. The number of hydrogen-bond acceptors (Lipinski definition) is 7. The Hall–Kier alpha value is -2.33. The molecule has 148 valence electrons. The first kappa shape index (κ1) is 19.4. The normalized spacial score (nSPS) is 22.6. The van der Waals surface area contributed by atoms with Crippen LogP contribution in [0.2, 0.25) is 0 Å². The fourth-order valence-corrected chi connectivity index (χ4v) is 3.31. The molecule has 2 aliphatic heterocycles. The van der Waals surface area contributed by atoms with Crippen molar-refractivity contribution in [3.05, 3.63) is 29.5 Å². The first-order valence-corrected chi connectivity index (χ1v) is 8.75. The van der Waals surface area contributed by atoms with E-state index in [0.717, 1.165) is 0 Å². The standard InChI is InChI=1S/C17H23F2N5O3/c1-3-27-16(26)12-7-21-14(15-20-4-5-23(15)2)22-13(12)8-24-10-17(18,19)6-11(24)9-25/h4-5,11,25H,3,6-10H2,1-2H3,(H,21,22). The molecule has 3 rings (SSSR count). The summed E-state index contributed by atoms with van der Waals surface area (Å²) in [5, 5.41) is 12.5. The van der Waals surface area contributed by atoms with Crippen LogP contribution in [0, 0.1) is 0 Å². The van der Waals surface area contributed by atoms with E-state index in [1.54, 1.807) is 30.9 Å². The molecule has 10 heteroatoms. The molecular weight excluding hydrogens is 360 g/mol. The highest BCUT2D eigenvalue weighted by Gasteiger charge is 2.45. The van der Waals surface area contributed by atoms with Crippen molar-refractivity contribution < 1.29 is 23.4 Å². The zero-order valence-electron chi connectivity index (χ0n) is 15.3. The van der Waals surface area contributed by atoms with Crippen LogP contribution in [0.3, 0.4) is 0 Å². The highest BCUT2D eigenvalue weighted by molar-refractivity contribution is 6.01. The van der Waals surface area contributed by atoms with E-state index >= 15 is 0 Å². The Balaban J connectivity index is 1.86. The van der Waals surface area contributed by atoms with Crippen LogP contribution in [-0.4, -0.2) is 76.2 Å². The van der Waals surface area contributed by atoms with Gasteiger partial charge in [0.2, 0.25) is 0 Å². The molecule has 2 aliphatic rings. The molecule has 0 aliphatic carbocycles. The quantitative estimate of drug-likeness (QED) is 0.686. The van der Waals surface area contributed by atoms with Gasteiger partial charge in [-0.25, -0.2) is 18.6 Å². The second-order valence-electron chi connectivity index (χ2n) is 6.63. The molecule has 1 unspecified atom stereocenters.